The number of rotatable bonds is 5. The molecule has 21 heavy (non-hydrogen) atoms. The van der Waals surface area contributed by atoms with E-state index in [0.29, 0.717) is 25.8 Å². The molecule has 0 aliphatic carbocycles. The number of nitrogens with two attached hydrogens (primary N) is 1. The smallest absolute Gasteiger partial charge is 0.249 e. The van der Waals surface area contributed by atoms with Crippen molar-refractivity contribution in [2.24, 2.45) is 5.73 Å². The van der Waals surface area contributed by atoms with Gasteiger partial charge in [-0.05, 0) is 31.9 Å². The van der Waals surface area contributed by atoms with Crippen LogP contribution in [0.4, 0.5) is 10.1 Å². The minimum Gasteiger partial charge on any atom is -0.344 e. The minimum absolute atomic E-state index is 0.0510. The Labute approximate surface area is 123 Å². The molecule has 0 radical (unpaired) electrons. The van der Waals surface area contributed by atoms with Gasteiger partial charge in [-0.1, -0.05) is 12.1 Å². The van der Waals surface area contributed by atoms with Gasteiger partial charge in [0.1, 0.15) is 11.9 Å². The molecule has 1 aliphatic rings. The van der Waals surface area contributed by atoms with E-state index in [2.05, 4.69) is 5.32 Å². The maximum atomic E-state index is 13.7. The highest BCUT2D eigenvalue weighted by Gasteiger charge is 2.34. The third kappa shape index (κ3) is 3.78. The number of nitrogens with one attached hydrogen (secondary N) is 1. The Morgan fingerprint density at radius 3 is 2.90 bits per heavy atom. The van der Waals surface area contributed by atoms with Crippen LogP contribution in [-0.4, -0.2) is 30.4 Å². The molecule has 3 N–H and O–H groups in total. The van der Waals surface area contributed by atoms with Crippen LogP contribution >= 0.6 is 0 Å². The van der Waals surface area contributed by atoms with Gasteiger partial charge in [-0.2, -0.15) is 0 Å². The van der Waals surface area contributed by atoms with Gasteiger partial charge in [0.2, 0.25) is 11.8 Å². The van der Waals surface area contributed by atoms with E-state index in [1.165, 1.54) is 11.0 Å². The van der Waals surface area contributed by atoms with Crippen LogP contribution in [0.5, 0.6) is 0 Å². The third-order valence-corrected chi connectivity index (χ3v) is 3.51. The first-order chi connectivity index (χ1) is 9.99. The topological polar surface area (TPSA) is 75.4 Å². The number of carbonyl (C=O) groups excluding carboxylic acids is 2. The van der Waals surface area contributed by atoms with Crippen LogP contribution in [0.25, 0.3) is 0 Å². The molecule has 2 amide bonds. The molecule has 1 heterocycles. The van der Waals surface area contributed by atoms with Crippen molar-refractivity contribution in [1.29, 1.82) is 0 Å². The predicted molar refractivity (Wildman–Crippen MR) is 78.2 cm³/mol. The van der Waals surface area contributed by atoms with Gasteiger partial charge in [0.05, 0.1) is 5.69 Å². The summed E-state index contributed by atoms with van der Waals surface area (Å²) in [5.74, 6) is -0.898. The fourth-order valence-corrected chi connectivity index (χ4v) is 2.35. The number of hydrogen-bond donors (Lipinski definition) is 2. The number of anilines is 1. The Kier molecular flexibility index (Phi) is 4.90. The summed E-state index contributed by atoms with van der Waals surface area (Å²) < 4.78 is 13.7. The van der Waals surface area contributed by atoms with Gasteiger partial charge in [-0.3, -0.25) is 9.59 Å². The van der Waals surface area contributed by atoms with Gasteiger partial charge in [0.15, 0.2) is 0 Å². The molecule has 0 saturated carbocycles. The summed E-state index contributed by atoms with van der Waals surface area (Å²) in [6, 6.07) is 5.51. The van der Waals surface area contributed by atoms with E-state index in [-0.39, 0.29) is 23.5 Å². The van der Waals surface area contributed by atoms with E-state index in [1.807, 2.05) is 6.92 Å². The van der Waals surface area contributed by atoms with Crippen molar-refractivity contribution in [2.75, 3.05) is 11.4 Å². The molecular weight excluding hydrogens is 273 g/mol. The van der Waals surface area contributed by atoms with Crippen molar-refractivity contribution in [3.63, 3.8) is 0 Å². The van der Waals surface area contributed by atoms with Gasteiger partial charge in [0, 0.05) is 19.0 Å². The van der Waals surface area contributed by atoms with E-state index in [1.54, 1.807) is 18.2 Å². The van der Waals surface area contributed by atoms with Crippen LogP contribution in [0.2, 0.25) is 0 Å². The van der Waals surface area contributed by atoms with E-state index < -0.39 is 11.9 Å². The van der Waals surface area contributed by atoms with Gasteiger partial charge >= 0.3 is 0 Å². The zero-order valence-electron chi connectivity index (χ0n) is 12.0. The summed E-state index contributed by atoms with van der Waals surface area (Å²) in [5, 5.41) is 2.70. The first-order valence-electron chi connectivity index (χ1n) is 7.10. The maximum Gasteiger partial charge on any atom is 0.249 e. The van der Waals surface area contributed by atoms with Gasteiger partial charge < -0.3 is 16.0 Å². The lowest BCUT2D eigenvalue weighted by molar-refractivity contribution is -0.126. The molecule has 1 saturated heterocycles. The second-order valence-corrected chi connectivity index (χ2v) is 5.37. The lowest BCUT2D eigenvalue weighted by Gasteiger charge is -2.18. The minimum atomic E-state index is -0.579. The average Bonchev–Trinajstić information content (AvgIpc) is 2.79. The Morgan fingerprint density at radius 2 is 2.24 bits per heavy atom. The second-order valence-electron chi connectivity index (χ2n) is 5.37. The van der Waals surface area contributed by atoms with Gasteiger partial charge in [-0.15, -0.1) is 0 Å². The highest BCUT2D eigenvalue weighted by atomic mass is 19.1. The number of halogens is 1. The summed E-state index contributed by atoms with van der Waals surface area (Å²) in [5.41, 5.74) is 5.85. The molecule has 1 aliphatic heterocycles. The summed E-state index contributed by atoms with van der Waals surface area (Å²) in [7, 11) is 0. The Balaban J connectivity index is 1.96. The molecule has 1 aromatic rings. The Hall–Kier alpha value is -1.95. The summed E-state index contributed by atoms with van der Waals surface area (Å²) >= 11 is 0. The lowest BCUT2D eigenvalue weighted by Crippen LogP contribution is -2.42. The predicted octanol–water partition coefficient (Wildman–Crippen LogP) is 1.17. The van der Waals surface area contributed by atoms with Crippen molar-refractivity contribution in [2.45, 2.75) is 38.3 Å². The SMILES string of the molecule is CC(N)CCC(=O)NC1CCN(c2ccccc2F)C1=O. The molecule has 114 valence electrons. The van der Waals surface area contributed by atoms with Crippen LogP contribution < -0.4 is 16.0 Å². The zero-order valence-corrected chi connectivity index (χ0v) is 12.0. The number of hydrogen-bond acceptors (Lipinski definition) is 3. The molecule has 0 aromatic heterocycles. The number of carbonyl (C=O) groups is 2. The first-order valence-corrected chi connectivity index (χ1v) is 7.10. The van der Waals surface area contributed by atoms with Crippen LogP contribution in [0.3, 0.4) is 0 Å². The van der Waals surface area contributed by atoms with Crippen molar-refractivity contribution < 1.29 is 14.0 Å². The first kappa shape index (κ1) is 15.4. The third-order valence-electron chi connectivity index (χ3n) is 3.51. The van der Waals surface area contributed by atoms with Crippen molar-refractivity contribution >= 4 is 17.5 Å². The van der Waals surface area contributed by atoms with Crippen LogP contribution in [-0.2, 0) is 9.59 Å². The monoisotopic (exact) mass is 293 g/mol. The highest BCUT2D eigenvalue weighted by Crippen LogP contribution is 2.24. The fraction of sp³-hybridized carbons (Fsp3) is 0.467. The van der Waals surface area contributed by atoms with E-state index in [0.717, 1.165) is 0 Å². The fourth-order valence-electron chi connectivity index (χ4n) is 2.35. The molecule has 5 nitrogen and oxygen atoms in total. The Morgan fingerprint density at radius 1 is 1.52 bits per heavy atom. The van der Waals surface area contributed by atoms with Crippen molar-refractivity contribution in [1.82, 2.24) is 5.32 Å². The largest absolute Gasteiger partial charge is 0.344 e. The Bertz CT molecular complexity index is 533. The second kappa shape index (κ2) is 6.67. The van der Waals surface area contributed by atoms with E-state index in [9.17, 15) is 14.0 Å². The zero-order chi connectivity index (χ0) is 15.4. The summed E-state index contributed by atoms with van der Waals surface area (Å²) in [4.78, 5) is 25.4. The maximum absolute atomic E-state index is 13.7. The van der Waals surface area contributed by atoms with Crippen LogP contribution in [0, 0.1) is 5.82 Å². The molecule has 2 unspecified atom stereocenters. The molecule has 6 heteroatoms. The van der Waals surface area contributed by atoms with Crippen molar-refractivity contribution in [3.05, 3.63) is 30.1 Å². The standard InChI is InChI=1S/C15H20FN3O2/c1-10(17)6-7-14(20)18-12-8-9-19(15(12)21)13-5-3-2-4-11(13)16/h2-5,10,12H,6-9,17H2,1H3,(H,18,20). The van der Waals surface area contributed by atoms with Gasteiger partial charge in [0.25, 0.3) is 0 Å². The molecular formula is C15H20FN3O2. The summed E-state index contributed by atoms with van der Waals surface area (Å²) in [6.45, 7) is 2.23. The molecule has 2 rings (SSSR count). The highest BCUT2D eigenvalue weighted by molar-refractivity contribution is 6.01. The summed E-state index contributed by atoms with van der Waals surface area (Å²) in [6.07, 6.45) is 1.35. The molecule has 0 bridgehead atoms. The normalized spacial score (nSPS) is 19.7. The molecule has 1 fully saturated rings. The van der Waals surface area contributed by atoms with E-state index >= 15 is 0 Å². The molecule has 0 spiro atoms. The van der Waals surface area contributed by atoms with Crippen molar-refractivity contribution in [3.8, 4) is 0 Å². The molecule has 2 atom stereocenters. The number of benzene rings is 1. The number of para-hydroxylation sites is 1. The average molecular weight is 293 g/mol. The number of nitrogens with zero attached hydrogens (tertiary/aromatic N) is 1. The number of amides is 2. The quantitative estimate of drug-likeness (QED) is 0.856. The van der Waals surface area contributed by atoms with Crippen LogP contribution in [0.1, 0.15) is 26.2 Å². The van der Waals surface area contributed by atoms with Crippen LogP contribution in [0.15, 0.2) is 24.3 Å². The molecule has 1 aromatic carbocycles. The lowest BCUT2D eigenvalue weighted by atomic mass is 10.1. The van der Waals surface area contributed by atoms with Gasteiger partial charge in [-0.25, -0.2) is 4.39 Å². The van der Waals surface area contributed by atoms with E-state index in [4.69, 9.17) is 5.73 Å².